The number of carboxylic acid groups (broad SMARTS) is 1. The van der Waals surface area contributed by atoms with E-state index in [1.165, 1.54) is 0 Å². The second-order valence-corrected chi connectivity index (χ2v) is 4.29. The SMILES string of the molecule is Cc1cccc(Cl)c1-n1cc(C(=O)O)c(=O)[nH]c1=O. The molecule has 0 saturated carbocycles. The average Bonchev–Trinajstić information content (AvgIpc) is 2.30. The highest BCUT2D eigenvalue weighted by atomic mass is 35.5. The van der Waals surface area contributed by atoms with E-state index in [0.717, 1.165) is 10.8 Å². The molecule has 0 aliphatic carbocycles. The first-order chi connectivity index (χ1) is 8.91. The van der Waals surface area contributed by atoms with Gasteiger partial charge in [-0.1, -0.05) is 23.7 Å². The van der Waals surface area contributed by atoms with Crippen molar-refractivity contribution >= 4 is 17.6 Å². The predicted octanol–water partition coefficient (Wildman–Crippen LogP) is 1.19. The molecule has 19 heavy (non-hydrogen) atoms. The van der Waals surface area contributed by atoms with E-state index in [2.05, 4.69) is 0 Å². The van der Waals surface area contributed by atoms with Crippen molar-refractivity contribution in [1.29, 1.82) is 0 Å². The van der Waals surface area contributed by atoms with E-state index in [-0.39, 0.29) is 5.02 Å². The zero-order valence-corrected chi connectivity index (χ0v) is 10.6. The second-order valence-electron chi connectivity index (χ2n) is 3.88. The van der Waals surface area contributed by atoms with Crippen molar-refractivity contribution in [2.75, 3.05) is 0 Å². The molecular weight excluding hydrogens is 272 g/mol. The summed E-state index contributed by atoms with van der Waals surface area (Å²) in [6, 6.07) is 5.00. The third-order valence-electron chi connectivity index (χ3n) is 2.60. The van der Waals surface area contributed by atoms with Crippen LogP contribution in [-0.2, 0) is 0 Å². The fourth-order valence-electron chi connectivity index (χ4n) is 1.72. The van der Waals surface area contributed by atoms with Crippen LogP contribution < -0.4 is 11.2 Å². The lowest BCUT2D eigenvalue weighted by atomic mass is 10.2. The van der Waals surface area contributed by atoms with Crippen LogP contribution in [0.4, 0.5) is 0 Å². The van der Waals surface area contributed by atoms with Gasteiger partial charge in [0.2, 0.25) is 0 Å². The molecular formula is C12H9ClN2O4. The van der Waals surface area contributed by atoms with Gasteiger partial charge < -0.3 is 5.11 Å². The second kappa shape index (κ2) is 4.74. The molecule has 0 bridgehead atoms. The summed E-state index contributed by atoms with van der Waals surface area (Å²) >= 11 is 6.01. The summed E-state index contributed by atoms with van der Waals surface area (Å²) in [6.07, 6.45) is 0.970. The Balaban J connectivity index is 2.84. The fourth-order valence-corrected chi connectivity index (χ4v) is 2.03. The summed E-state index contributed by atoms with van der Waals surface area (Å²) in [7, 11) is 0. The number of carbonyl (C=O) groups is 1. The Morgan fingerprint density at radius 2 is 2.05 bits per heavy atom. The van der Waals surface area contributed by atoms with Crippen LogP contribution in [0.5, 0.6) is 0 Å². The van der Waals surface area contributed by atoms with Gasteiger partial charge >= 0.3 is 11.7 Å². The van der Waals surface area contributed by atoms with E-state index in [1.54, 1.807) is 25.1 Å². The largest absolute Gasteiger partial charge is 0.477 e. The van der Waals surface area contributed by atoms with Gasteiger partial charge in [-0.25, -0.2) is 9.59 Å². The van der Waals surface area contributed by atoms with E-state index < -0.39 is 22.8 Å². The molecule has 98 valence electrons. The van der Waals surface area contributed by atoms with Crippen molar-refractivity contribution in [3.8, 4) is 5.69 Å². The van der Waals surface area contributed by atoms with E-state index in [4.69, 9.17) is 16.7 Å². The lowest BCUT2D eigenvalue weighted by molar-refractivity contribution is 0.0694. The maximum absolute atomic E-state index is 11.8. The van der Waals surface area contributed by atoms with E-state index >= 15 is 0 Å². The van der Waals surface area contributed by atoms with E-state index in [0.29, 0.717) is 11.3 Å². The molecule has 2 rings (SSSR count). The molecule has 0 atom stereocenters. The van der Waals surface area contributed by atoms with Crippen LogP contribution in [0.3, 0.4) is 0 Å². The van der Waals surface area contributed by atoms with Crippen LogP contribution in [0.1, 0.15) is 15.9 Å². The van der Waals surface area contributed by atoms with Crippen molar-refractivity contribution in [3.63, 3.8) is 0 Å². The van der Waals surface area contributed by atoms with Crippen LogP contribution in [0.25, 0.3) is 5.69 Å². The minimum absolute atomic E-state index is 0.283. The summed E-state index contributed by atoms with van der Waals surface area (Å²) in [4.78, 5) is 36.0. The van der Waals surface area contributed by atoms with Crippen LogP contribution in [-0.4, -0.2) is 20.6 Å². The number of halogens is 1. The van der Waals surface area contributed by atoms with Gasteiger partial charge in [-0.3, -0.25) is 14.3 Å². The normalized spacial score (nSPS) is 10.4. The Hall–Kier alpha value is -2.34. The number of aromatic nitrogens is 2. The first-order valence-electron chi connectivity index (χ1n) is 5.26. The summed E-state index contributed by atoms with van der Waals surface area (Å²) < 4.78 is 1.02. The fraction of sp³-hybridized carbons (Fsp3) is 0.0833. The highest BCUT2D eigenvalue weighted by Gasteiger charge is 2.15. The van der Waals surface area contributed by atoms with Gasteiger partial charge in [-0.15, -0.1) is 0 Å². The Morgan fingerprint density at radius 3 is 2.63 bits per heavy atom. The lowest BCUT2D eigenvalue weighted by Crippen LogP contribution is -2.32. The molecule has 1 aromatic carbocycles. The van der Waals surface area contributed by atoms with Crippen LogP contribution >= 0.6 is 11.6 Å². The predicted molar refractivity (Wildman–Crippen MR) is 69.4 cm³/mol. The van der Waals surface area contributed by atoms with Gasteiger partial charge in [0.1, 0.15) is 5.56 Å². The standard InChI is InChI=1S/C12H9ClN2O4/c1-6-3-2-4-8(13)9(6)15-5-7(11(17)18)10(16)14-12(15)19/h2-5H,1H3,(H,17,18)(H,14,16,19). The molecule has 0 aliphatic rings. The number of carboxylic acids is 1. The van der Waals surface area contributed by atoms with Crippen LogP contribution in [0.15, 0.2) is 34.0 Å². The number of benzene rings is 1. The van der Waals surface area contributed by atoms with Gasteiger partial charge in [0, 0.05) is 6.20 Å². The summed E-state index contributed by atoms with van der Waals surface area (Å²) in [5.74, 6) is -1.42. The number of nitrogens with zero attached hydrogens (tertiary/aromatic N) is 1. The summed E-state index contributed by atoms with van der Waals surface area (Å²) in [5.41, 5.74) is -1.20. The molecule has 0 spiro atoms. The number of hydrogen-bond donors (Lipinski definition) is 2. The van der Waals surface area contributed by atoms with Crippen molar-refractivity contribution in [2.45, 2.75) is 6.92 Å². The van der Waals surface area contributed by atoms with Crippen molar-refractivity contribution < 1.29 is 9.90 Å². The van der Waals surface area contributed by atoms with Crippen LogP contribution in [0.2, 0.25) is 5.02 Å². The van der Waals surface area contributed by atoms with Crippen molar-refractivity contribution in [1.82, 2.24) is 9.55 Å². The number of aromatic carboxylic acids is 1. The van der Waals surface area contributed by atoms with Gasteiger partial charge in [-0.2, -0.15) is 0 Å². The monoisotopic (exact) mass is 280 g/mol. The van der Waals surface area contributed by atoms with E-state index in [1.807, 2.05) is 4.98 Å². The maximum atomic E-state index is 11.8. The number of hydrogen-bond acceptors (Lipinski definition) is 3. The first kappa shape index (κ1) is 13.1. The molecule has 1 aromatic heterocycles. The number of aromatic amines is 1. The zero-order chi connectivity index (χ0) is 14.2. The van der Waals surface area contributed by atoms with Gasteiger partial charge in [0.15, 0.2) is 0 Å². The maximum Gasteiger partial charge on any atom is 0.342 e. The number of para-hydroxylation sites is 1. The molecule has 7 heteroatoms. The summed E-state index contributed by atoms with van der Waals surface area (Å²) in [6.45, 7) is 1.72. The molecule has 0 unspecified atom stereocenters. The minimum atomic E-state index is -1.42. The molecule has 2 aromatic rings. The minimum Gasteiger partial charge on any atom is -0.477 e. The molecule has 0 fully saturated rings. The lowest BCUT2D eigenvalue weighted by Gasteiger charge is -2.10. The zero-order valence-electron chi connectivity index (χ0n) is 9.81. The highest BCUT2D eigenvalue weighted by Crippen LogP contribution is 2.22. The molecule has 2 N–H and O–H groups in total. The number of H-pyrrole nitrogens is 1. The molecule has 0 aliphatic heterocycles. The highest BCUT2D eigenvalue weighted by molar-refractivity contribution is 6.32. The van der Waals surface area contributed by atoms with Gasteiger partial charge in [0.25, 0.3) is 5.56 Å². The van der Waals surface area contributed by atoms with Gasteiger partial charge in [0.05, 0.1) is 10.7 Å². The van der Waals surface area contributed by atoms with Gasteiger partial charge in [-0.05, 0) is 18.6 Å². The number of nitrogens with one attached hydrogen (secondary N) is 1. The Kier molecular flexibility index (Phi) is 3.26. The third kappa shape index (κ3) is 2.30. The Morgan fingerprint density at radius 1 is 1.37 bits per heavy atom. The summed E-state index contributed by atoms with van der Waals surface area (Å²) in [5, 5.41) is 9.18. The third-order valence-corrected chi connectivity index (χ3v) is 2.91. The topological polar surface area (TPSA) is 92.2 Å². The Labute approximate surface area is 111 Å². The van der Waals surface area contributed by atoms with Crippen LogP contribution in [0, 0.1) is 6.92 Å². The molecule has 6 nitrogen and oxygen atoms in total. The van der Waals surface area contributed by atoms with Crippen molar-refractivity contribution in [2.24, 2.45) is 0 Å². The number of aryl methyl sites for hydroxylation is 1. The van der Waals surface area contributed by atoms with Crippen molar-refractivity contribution in [3.05, 3.63) is 61.4 Å². The molecule has 0 amide bonds. The van der Waals surface area contributed by atoms with E-state index in [9.17, 15) is 14.4 Å². The quantitative estimate of drug-likeness (QED) is 0.864. The smallest absolute Gasteiger partial charge is 0.342 e. The Bertz CT molecular complexity index is 756. The molecule has 0 radical (unpaired) electrons. The first-order valence-corrected chi connectivity index (χ1v) is 5.64. The number of rotatable bonds is 2. The molecule has 1 heterocycles. The average molecular weight is 281 g/mol. The molecule has 0 saturated heterocycles.